The fourth-order valence-corrected chi connectivity index (χ4v) is 2.42. The van der Waals surface area contributed by atoms with E-state index in [9.17, 15) is 0 Å². The zero-order chi connectivity index (χ0) is 9.31. The lowest BCUT2D eigenvalue weighted by molar-refractivity contribution is 0.605. The van der Waals surface area contributed by atoms with E-state index in [1.165, 1.54) is 5.56 Å². The summed E-state index contributed by atoms with van der Waals surface area (Å²) in [6, 6.07) is 11.1. The van der Waals surface area contributed by atoms with Crippen LogP contribution in [-0.4, -0.2) is 16.3 Å². The SMILES string of the molecule is CC1(C)CSC(c2c[c]ccc2)=N1. The molecule has 2 heteroatoms. The summed E-state index contributed by atoms with van der Waals surface area (Å²) < 4.78 is 0. The molecule has 1 nitrogen and oxygen atoms in total. The summed E-state index contributed by atoms with van der Waals surface area (Å²) in [6.07, 6.45) is 0. The lowest BCUT2D eigenvalue weighted by Gasteiger charge is -2.09. The van der Waals surface area contributed by atoms with Crippen molar-refractivity contribution in [2.75, 3.05) is 5.75 Å². The van der Waals surface area contributed by atoms with Gasteiger partial charge in [-0.1, -0.05) is 18.2 Å². The van der Waals surface area contributed by atoms with E-state index in [0.717, 1.165) is 10.8 Å². The molecule has 0 spiro atoms. The third-order valence-corrected chi connectivity index (χ3v) is 3.37. The second-order valence-corrected chi connectivity index (χ2v) is 4.77. The van der Waals surface area contributed by atoms with Gasteiger partial charge >= 0.3 is 0 Å². The Kier molecular flexibility index (Phi) is 2.16. The summed E-state index contributed by atoms with van der Waals surface area (Å²) in [6.45, 7) is 4.33. The van der Waals surface area contributed by atoms with Gasteiger partial charge < -0.3 is 0 Å². The Morgan fingerprint density at radius 2 is 2.38 bits per heavy atom. The molecule has 1 aliphatic heterocycles. The number of hydrogen-bond donors (Lipinski definition) is 0. The Morgan fingerprint density at radius 1 is 1.54 bits per heavy atom. The second-order valence-electron chi connectivity index (χ2n) is 3.81. The van der Waals surface area contributed by atoms with Crippen LogP contribution in [0.4, 0.5) is 0 Å². The first-order valence-corrected chi connectivity index (χ1v) is 5.35. The molecule has 13 heavy (non-hydrogen) atoms. The highest BCUT2D eigenvalue weighted by molar-refractivity contribution is 8.14. The van der Waals surface area contributed by atoms with Gasteiger partial charge in [-0.05, 0) is 26.0 Å². The molecule has 0 saturated carbocycles. The summed E-state index contributed by atoms with van der Waals surface area (Å²) in [5.41, 5.74) is 1.30. The standard InChI is InChI=1S/C11H12NS/c1-11(2)8-13-10(12-11)9-6-4-3-5-7-9/h3-4,6-7H,8H2,1-2H3. The summed E-state index contributed by atoms with van der Waals surface area (Å²) in [7, 11) is 0. The first kappa shape index (κ1) is 8.82. The molecule has 0 N–H and O–H groups in total. The minimum Gasteiger partial charge on any atom is -0.271 e. The van der Waals surface area contributed by atoms with Gasteiger partial charge in [0.15, 0.2) is 0 Å². The first-order valence-electron chi connectivity index (χ1n) is 4.36. The highest BCUT2D eigenvalue weighted by Crippen LogP contribution is 2.29. The molecule has 0 bridgehead atoms. The molecular weight excluding hydrogens is 178 g/mol. The lowest BCUT2D eigenvalue weighted by Crippen LogP contribution is -2.15. The minimum absolute atomic E-state index is 0.107. The first-order chi connectivity index (χ1) is 6.17. The fraction of sp³-hybridized carbons (Fsp3) is 0.364. The average Bonchev–Trinajstić information content (AvgIpc) is 2.48. The smallest absolute Gasteiger partial charge is 0.0984 e. The van der Waals surface area contributed by atoms with Gasteiger partial charge in [0.25, 0.3) is 0 Å². The molecule has 1 aliphatic rings. The molecule has 0 amide bonds. The largest absolute Gasteiger partial charge is 0.271 e. The van der Waals surface area contributed by atoms with E-state index in [4.69, 9.17) is 0 Å². The van der Waals surface area contributed by atoms with Crippen LogP contribution >= 0.6 is 11.8 Å². The van der Waals surface area contributed by atoms with Crippen molar-refractivity contribution in [3.05, 3.63) is 35.9 Å². The Balaban J connectivity index is 2.30. The molecule has 1 aromatic carbocycles. The van der Waals surface area contributed by atoms with Gasteiger partial charge in [0.05, 0.1) is 10.6 Å². The van der Waals surface area contributed by atoms with E-state index >= 15 is 0 Å². The lowest BCUT2D eigenvalue weighted by atomic mass is 10.1. The molecule has 1 aromatic rings. The topological polar surface area (TPSA) is 12.4 Å². The molecular formula is C11H12NS. The predicted octanol–water partition coefficient (Wildman–Crippen LogP) is 2.76. The van der Waals surface area contributed by atoms with Crippen molar-refractivity contribution in [3.8, 4) is 0 Å². The van der Waals surface area contributed by atoms with Crippen LogP contribution in [0.2, 0.25) is 0 Å². The zero-order valence-corrected chi connectivity index (χ0v) is 8.69. The van der Waals surface area contributed by atoms with E-state index < -0.39 is 0 Å². The third-order valence-electron chi connectivity index (χ3n) is 1.92. The molecule has 67 valence electrons. The van der Waals surface area contributed by atoms with Crippen LogP contribution in [0.1, 0.15) is 19.4 Å². The maximum Gasteiger partial charge on any atom is 0.0984 e. The molecule has 1 radical (unpaired) electrons. The van der Waals surface area contributed by atoms with Crippen LogP contribution in [0, 0.1) is 6.07 Å². The summed E-state index contributed by atoms with van der Waals surface area (Å²) in [5, 5.41) is 1.15. The molecule has 0 saturated heterocycles. The van der Waals surface area contributed by atoms with Crippen LogP contribution in [0.15, 0.2) is 29.3 Å². The van der Waals surface area contributed by atoms with E-state index in [1.807, 2.05) is 30.0 Å². The highest BCUT2D eigenvalue weighted by Gasteiger charge is 2.25. The minimum atomic E-state index is 0.107. The van der Waals surface area contributed by atoms with Crippen LogP contribution in [0.3, 0.4) is 0 Å². The van der Waals surface area contributed by atoms with Crippen molar-refractivity contribution in [3.63, 3.8) is 0 Å². The Labute approximate surface area is 83.3 Å². The van der Waals surface area contributed by atoms with E-state index in [-0.39, 0.29) is 5.54 Å². The summed E-state index contributed by atoms with van der Waals surface area (Å²) in [4.78, 5) is 4.65. The van der Waals surface area contributed by atoms with Crippen molar-refractivity contribution in [1.29, 1.82) is 0 Å². The second kappa shape index (κ2) is 3.18. The van der Waals surface area contributed by atoms with Gasteiger partial charge in [0, 0.05) is 11.3 Å². The fourth-order valence-electron chi connectivity index (χ4n) is 1.26. The van der Waals surface area contributed by atoms with Crippen LogP contribution in [0.5, 0.6) is 0 Å². The van der Waals surface area contributed by atoms with Crippen molar-refractivity contribution in [1.82, 2.24) is 0 Å². The Bertz CT molecular complexity index is 327. The van der Waals surface area contributed by atoms with E-state index in [1.54, 1.807) is 0 Å². The maximum absolute atomic E-state index is 4.65. The number of nitrogens with zero attached hydrogens (tertiary/aromatic N) is 1. The van der Waals surface area contributed by atoms with E-state index in [0.29, 0.717) is 0 Å². The predicted molar refractivity (Wildman–Crippen MR) is 58.4 cm³/mol. The van der Waals surface area contributed by atoms with Crippen LogP contribution < -0.4 is 0 Å². The number of thioether (sulfide) groups is 1. The summed E-state index contributed by atoms with van der Waals surface area (Å²) in [5.74, 6) is 1.08. The highest BCUT2D eigenvalue weighted by atomic mass is 32.2. The van der Waals surface area contributed by atoms with Crippen molar-refractivity contribution in [2.45, 2.75) is 19.4 Å². The molecule has 0 aliphatic carbocycles. The normalized spacial score (nSPS) is 20.0. The number of rotatable bonds is 1. The van der Waals surface area contributed by atoms with E-state index in [2.05, 4.69) is 31.0 Å². The van der Waals surface area contributed by atoms with Gasteiger partial charge in [0.2, 0.25) is 0 Å². The van der Waals surface area contributed by atoms with Crippen LogP contribution in [0.25, 0.3) is 0 Å². The number of aliphatic imine (C=N–C) groups is 1. The van der Waals surface area contributed by atoms with Crippen molar-refractivity contribution < 1.29 is 0 Å². The molecule has 0 fully saturated rings. The quantitative estimate of drug-likeness (QED) is 0.663. The van der Waals surface area contributed by atoms with Gasteiger partial charge in [-0.25, -0.2) is 0 Å². The Hall–Kier alpha value is -0.760. The zero-order valence-electron chi connectivity index (χ0n) is 7.87. The third kappa shape index (κ3) is 1.94. The van der Waals surface area contributed by atoms with Crippen LogP contribution in [-0.2, 0) is 0 Å². The summed E-state index contributed by atoms with van der Waals surface area (Å²) >= 11 is 1.83. The van der Waals surface area contributed by atoms with Crippen molar-refractivity contribution in [2.24, 2.45) is 4.99 Å². The maximum atomic E-state index is 4.65. The average molecular weight is 190 g/mol. The molecule has 0 atom stereocenters. The number of benzene rings is 1. The van der Waals surface area contributed by atoms with Gasteiger partial charge in [-0.3, -0.25) is 4.99 Å². The molecule has 0 unspecified atom stereocenters. The molecule has 2 rings (SSSR count). The molecule has 1 heterocycles. The Morgan fingerprint density at radius 3 is 2.92 bits per heavy atom. The molecule has 0 aromatic heterocycles. The van der Waals surface area contributed by atoms with Gasteiger partial charge in [0.1, 0.15) is 0 Å². The monoisotopic (exact) mass is 190 g/mol. The van der Waals surface area contributed by atoms with Crippen molar-refractivity contribution >= 4 is 16.8 Å². The number of hydrogen-bond acceptors (Lipinski definition) is 2. The van der Waals surface area contributed by atoms with Gasteiger partial charge in [-0.15, -0.1) is 11.8 Å². The van der Waals surface area contributed by atoms with Gasteiger partial charge in [-0.2, -0.15) is 0 Å².